The van der Waals surface area contributed by atoms with Crippen LogP contribution >= 0.6 is 0 Å². The van der Waals surface area contributed by atoms with Crippen molar-refractivity contribution in [3.8, 4) is 0 Å². The number of hydrogen-bond acceptors (Lipinski definition) is 3. The second-order valence-corrected chi connectivity index (χ2v) is 6.62. The van der Waals surface area contributed by atoms with Crippen LogP contribution in [0.1, 0.15) is 33.2 Å². The van der Waals surface area contributed by atoms with E-state index in [1.807, 2.05) is 39.8 Å². The highest BCUT2D eigenvalue weighted by atomic mass is 16.7. The van der Waals surface area contributed by atoms with E-state index < -0.39 is 18.3 Å². The fraction of sp³-hybridized carbons (Fsp3) is 0.333. The van der Waals surface area contributed by atoms with Crippen LogP contribution in [-0.2, 0) is 9.31 Å². The molecule has 1 fully saturated rings. The molecule has 0 N–H and O–H groups in total. The van der Waals surface area contributed by atoms with E-state index >= 15 is 0 Å². The molecule has 0 amide bonds. The molecule has 0 unspecified atom stereocenters. The topological polar surface area (TPSA) is 31.6 Å². The standard InChI is InChI=1S/C18H19BO3/c1-17(2)18(3,4)22-19(21-17)14-10-7-9-13-12-8-5-6-11-15(12)20-16(13)14/h5-11H,1-4H3/i5D,6D,8D,11D. The van der Waals surface area contributed by atoms with Gasteiger partial charge in [-0.1, -0.05) is 36.3 Å². The quantitative estimate of drug-likeness (QED) is 0.639. The molecule has 1 saturated heterocycles. The Morgan fingerprint density at radius 1 is 0.955 bits per heavy atom. The van der Waals surface area contributed by atoms with Crippen molar-refractivity contribution in [2.45, 2.75) is 38.9 Å². The van der Waals surface area contributed by atoms with E-state index in [4.69, 9.17) is 19.2 Å². The Morgan fingerprint density at radius 2 is 1.64 bits per heavy atom. The summed E-state index contributed by atoms with van der Waals surface area (Å²) in [5.74, 6) is 0. The maximum absolute atomic E-state index is 8.22. The normalized spacial score (nSPS) is 22.6. The minimum Gasteiger partial charge on any atom is -0.456 e. The van der Waals surface area contributed by atoms with Gasteiger partial charge in [-0.25, -0.2) is 0 Å². The van der Waals surface area contributed by atoms with Gasteiger partial charge in [-0.15, -0.1) is 0 Å². The van der Waals surface area contributed by atoms with E-state index in [9.17, 15) is 0 Å². The Bertz CT molecular complexity index is 1040. The summed E-state index contributed by atoms with van der Waals surface area (Å²) in [7, 11) is -0.640. The van der Waals surface area contributed by atoms with Gasteiger partial charge in [0.25, 0.3) is 0 Å². The third-order valence-corrected chi connectivity index (χ3v) is 4.68. The molecule has 112 valence electrons. The lowest BCUT2D eigenvalue weighted by Crippen LogP contribution is -2.41. The average molecular weight is 298 g/mol. The third kappa shape index (κ3) is 1.84. The number of furan rings is 1. The van der Waals surface area contributed by atoms with Gasteiger partial charge in [-0.2, -0.15) is 0 Å². The lowest BCUT2D eigenvalue weighted by atomic mass is 9.78. The number of benzene rings is 2. The zero-order valence-electron chi connectivity index (χ0n) is 17.0. The first-order chi connectivity index (χ1) is 12.0. The van der Waals surface area contributed by atoms with Crippen LogP contribution in [0.15, 0.2) is 46.8 Å². The van der Waals surface area contributed by atoms with Crippen molar-refractivity contribution in [3.63, 3.8) is 0 Å². The SMILES string of the molecule is [2H]c1c([2H])c([2H])c2c(oc3c(B4OC(C)(C)C(C)(C)O4)cccc32)c1[2H]. The van der Waals surface area contributed by atoms with Crippen LogP contribution in [0.3, 0.4) is 0 Å². The van der Waals surface area contributed by atoms with Gasteiger partial charge in [0, 0.05) is 16.2 Å². The summed E-state index contributed by atoms with van der Waals surface area (Å²) in [6.45, 7) is 7.87. The van der Waals surface area contributed by atoms with Gasteiger partial charge in [0.05, 0.1) is 16.7 Å². The van der Waals surface area contributed by atoms with Crippen molar-refractivity contribution in [1.82, 2.24) is 0 Å². The first-order valence-corrected chi connectivity index (χ1v) is 7.32. The van der Waals surface area contributed by atoms with Crippen LogP contribution in [0, 0.1) is 0 Å². The predicted octanol–water partition coefficient (Wildman–Crippen LogP) is 3.89. The highest BCUT2D eigenvalue weighted by Crippen LogP contribution is 2.37. The van der Waals surface area contributed by atoms with Gasteiger partial charge in [0.2, 0.25) is 0 Å². The maximum Gasteiger partial charge on any atom is 0.498 e. The Hall–Kier alpha value is -1.78. The van der Waals surface area contributed by atoms with Crippen molar-refractivity contribution in [1.29, 1.82) is 0 Å². The third-order valence-electron chi connectivity index (χ3n) is 4.68. The monoisotopic (exact) mass is 298 g/mol. The van der Waals surface area contributed by atoms with Crippen molar-refractivity contribution in [2.75, 3.05) is 0 Å². The molecule has 2 aromatic carbocycles. The van der Waals surface area contributed by atoms with E-state index in [-0.39, 0.29) is 29.8 Å². The highest BCUT2D eigenvalue weighted by molar-refractivity contribution is 6.65. The van der Waals surface area contributed by atoms with Crippen molar-refractivity contribution in [3.05, 3.63) is 42.4 Å². The van der Waals surface area contributed by atoms with Crippen LogP contribution < -0.4 is 5.46 Å². The highest BCUT2D eigenvalue weighted by Gasteiger charge is 2.52. The average Bonchev–Trinajstić information content (AvgIpc) is 3.05. The summed E-state index contributed by atoms with van der Waals surface area (Å²) in [4.78, 5) is 0. The van der Waals surface area contributed by atoms with E-state index in [0.717, 1.165) is 0 Å². The van der Waals surface area contributed by atoms with Crippen molar-refractivity contribution in [2.24, 2.45) is 0 Å². The molecule has 1 aromatic heterocycles. The molecule has 0 saturated carbocycles. The zero-order chi connectivity index (χ0) is 19.0. The summed E-state index contributed by atoms with van der Waals surface area (Å²) in [6, 6.07) is 4.58. The zero-order valence-corrected chi connectivity index (χ0v) is 13.0. The Labute approximate surface area is 136 Å². The number of rotatable bonds is 1. The van der Waals surface area contributed by atoms with Crippen molar-refractivity contribution >= 4 is 34.5 Å². The van der Waals surface area contributed by atoms with Gasteiger partial charge in [0.1, 0.15) is 11.2 Å². The van der Waals surface area contributed by atoms with Crippen LogP contribution in [0.4, 0.5) is 0 Å². The molecule has 3 aromatic rings. The number of fused-ring (bicyclic) bond motifs is 3. The summed E-state index contributed by atoms with van der Waals surface area (Å²) in [6.07, 6.45) is 0. The molecule has 0 radical (unpaired) electrons. The molecule has 0 spiro atoms. The minimum absolute atomic E-state index is 0.106. The van der Waals surface area contributed by atoms with Gasteiger partial charge >= 0.3 is 7.12 Å². The summed E-state index contributed by atoms with van der Waals surface area (Å²) in [5, 5.41) is 1.00. The van der Waals surface area contributed by atoms with Gasteiger partial charge in [0.15, 0.2) is 0 Å². The molecule has 4 heteroatoms. The maximum atomic E-state index is 8.22. The van der Waals surface area contributed by atoms with E-state index in [1.54, 1.807) is 6.07 Å². The van der Waals surface area contributed by atoms with Gasteiger partial charge in [-0.3, -0.25) is 0 Å². The first kappa shape index (κ1) is 10.1. The van der Waals surface area contributed by atoms with Crippen molar-refractivity contribution < 1.29 is 19.2 Å². The molecular formula is C18H19BO3. The van der Waals surface area contributed by atoms with Gasteiger partial charge < -0.3 is 13.7 Å². The first-order valence-electron chi connectivity index (χ1n) is 9.32. The minimum atomic E-state index is -0.640. The van der Waals surface area contributed by atoms with E-state index in [0.29, 0.717) is 21.8 Å². The van der Waals surface area contributed by atoms with Crippen LogP contribution in [0.2, 0.25) is 0 Å². The molecule has 2 heterocycles. The lowest BCUT2D eigenvalue weighted by Gasteiger charge is -2.32. The summed E-state index contributed by atoms with van der Waals surface area (Å²) < 4.78 is 50.2. The summed E-state index contributed by atoms with van der Waals surface area (Å²) >= 11 is 0. The lowest BCUT2D eigenvalue weighted by molar-refractivity contribution is 0.00578. The molecule has 0 atom stereocenters. The molecule has 1 aliphatic rings. The Balaban J connectivity index is 2.00. The largest absolute Gasteiger partial charge is 0.498 e. The molecule has 0 bridgehead atoms. The fourth-order valence-electron chi connectivity index (χ4n) is 2.69. The van der Waals surface area contributed by atoms with Crippen LogP contribution in [0.25, 0.3) is 21.9 Å². The second kappa shape index (κ2) is 4.37. The summed E-state index contributed by atoms with van der Waals surface area (Å²) in [5.41, 5.74) is 0.281. The fourth-order valence-corrected chi connectivity index (χ4v) is 2.69. The second-order valence-electron chi connectivity index (χ2n) is 6.62. The van der Waals surface area contributed by atoms with Crippen LogP contribution in [0.5, 0.6) is 0 Å². The van der Waals surface area contributed by atoms with E-state index in [1.165, 1.54) is 0 Å². The number of hydrogen-bond donors (Lipinski definition) is 0. The smallest absolute Gasteiger partial charge is 0.456 e. The predicted molar refractivity (Wildman–Crippen MR) is 89.4 cm³/mol. The molecular weight excluding hydrogens is 275 g/mol. The Kier molecular flexibility index (Phi) is 2.00. The molecule has 22 heavy (non-hydrogen) atoms. The number of para-hydroxylation sites is 2. The molecule has 1 aliphatic heterocycles. The molecule has 0 aliphatic carbocycles. The molecule has 3 nitrogen and oxygen atoms in total. The van der Waals surface area contributed by atoms with Crippen LogP contribution in [-0.4, -0.2) is 18.3 Å². The Morgan fingerprint density at radius 3 is 2.36 bits per heavy atom. The molecule has 4 rings (SSSR count). The van der Waals surface area contributed by atoms with Gasteiger partial charge in [-0.05, 0) is 33.7 Å². The van der Waals surface area contributed by atoms with E-state index in [2.05, 4.69) is 0 Å².